The van der Waals surface area contributed by atoms with Gasteiger partial charge in [-0.15, -0.1) is 10.2 Å². The number of unbranched alkanes of at least 4 members (excludes halogenated alkanes) is 14. The number of hydrogen-bond acceptors (Lipinski definition) is 12. The number of carbonyl (C=O) groups is 2. The third kappa shape index (κ3) is 24.4. The van der Waals surface area contributed by atoms with E-state index in [2.05, 4.69) is 199 Å². The fraction of sp³-hybridized carbons (Fsp3) is 0.375. The van der Waals surface area contributed by atoms with E-state index in [1.807, 2.05) is 30.3 Å². The van der Waals surface area contributed by atoms with Gasteiger partial charge in [-0.25, -0.2) is 9.59 Å². The molecule has 0 aliphatic heterocycles. The van der Waals surface area contributed by atoms with Crippen LogP contribution in [-0.4, -0.2) is 38.4 Å². The van der Waals surface area contributed by atoms with Crippen LogP contribution in [0.3, 0.4) is 0 Å². The van der Waals surface area contributed by atoms with Gasteiger partial charge >= 0.3 is 11.9 Å². The van der Waals surface area contributed by atoms with Gasteiger partial charge in [0.25, 0.3) is 0 Å². The molecular formula is C80H98N6O6. The van der Waals surface area contributed by atoms with Crippen LogP contribution < -0.4 is 20.1 Å². The number of hydrogen-bond donors (Lipinski definition) is 2. The van der Waals surface area contributed by atoms with E-state index in [1.165, 1.54) is 86.5 Å². The monoisotopic (exact) mass is 1240 g/mol. The van der Waals surface area contributed by atoms with Gasteiger partial charge < -0.3 is 29.6 Å². The van der Waals surface area contributed by atoms with E-state index >= 15 is 0 Å². The van der Waals surface area contributed by atoms with E-state index in [1.54, 1.807) is 13.8 Å². The minimum Gasteiger partial charge on any atom is -0.494 e. The van der Waals surface area contributed by atoms with Gasteiger partial charge in [0, 0.05) is 57.2 Å². The van der Waals surface area contributed by atoms with Gasteiger partial charge in [0.15, 0.2) is 0 Å². The molecule has 2 N–H and O–H groups in total. The molecule has 92 heavy (non-hydrogen) atoms. The molecule has 0 fully saturated rings. The highest BCUT2D eigenvalue weighted by Crippen LogP contribution is 2.36. The van der Waals surface area contributed by atoms with Crippen molar-refractivity contribution in [3.05, 3.63) is 215 Å². The standard InChI is InChI=1S/C41H51N3O3.C39H47N3O3/c1-5-16-33-21-24-38(32(4)29-33)43-44-40-26-25-39(36-17-12-13-18-37(36)40)42-30-34-19-22-35(23-20-34)46-27-14-10-8-6-7-9-11-15-28-47-41(45)31(2)3;1-29(2)39(43)45-26-14-10-8-6-5-7-9-13-25-44-33-20-18-32(19-21-33)28-40-37-23-24-38(35-16-12-11-15-34(35)37)42-41-36-22-17-30(3)27-31(36)4/h12-13,17-26,29,42H,2,5-11,14-16,27-28,30H2,1,3-4H3;11-12,15-24,27,40H,1,5-10,13-14,25-26,28H2,2-4H3. The van der Waals surface area contributed by atoms with Crippen LogP contribution in [-0.2, 0) is 38.6 Å². The van der Waals surface area contributed by atoms with Crippen molar-refractivity contribution in [2.24, 2.45) is 20.5 Å². The summed E-state index contributed by atoms with van der Waals surface area (Å²) in [5, 5.41) is 30.0. The number of benzene rings is 8. The number of rotatable bonds is 38. The summed E-state index contributed by atoms with van der Waals surface area (Å²) in [6.45, 7) is 22.9. The lowest BCUT2D eigenvalue weighted by Gasteiger charge is -2.12. The fourth-order valence-electron chi connectivity index (χ4n) is 10.7. The highest BCUT2D eigenvalue weighted by Gasteiger charge is 2.11. The number of nitrogens with zero attached hydrogens (tertiary/aromatic N) is 4. The minimum absolute atomic E-state index is 0.286. The van der Waals surface area contributed by atoms with Gasteiger partial charge in [-0.05, 0) is 155 Å². The largest absolute Gasteiger partial charge is 0.494 e. The summed E-state index contributed by atoms with van der Waals surface area (Å²) < 4.78 is 22.2. The summed E-state index contributed by atoms with van der Waals surface area (Å²) in [5.41, 5.74) is 13.8. The second-order valence-electron chi connectivity index (χ2n) is 24.1. The zero-order chi connectivity index (χ0) is 65.1. The molecule has 0 radical (unpaired) electrons. The molecule has 484 valence electrons. The average molecular weight is 1240 g/mol. The Bertz CT molecular complexity index is 3670. The lowest BCUT2D eigenvalue weighted by atomic mass is 10.1. The predicted octanol–water partition coefficient (Wildman–Crippen LogP) is 22.9. The van der Waals surface area contributed by atoms with E-state index in [9.17, 15) is 9.59 Å². The van der Waals surface area contributed by atoms with E-state index in [-0.39, 0.29) is 11.9 Å². The van der Waals surface area contributed by atoms with Crippen molar-refractivity contribution in [2.75, 3.05) is 37.1 Å². The fourth-order valence-corrected chi connectivity index (χ4v) is 10.7. The van der Waals surface area contributed by atoms with Crippen molar-refractivity contribution in [1.29, 1.82) is 0 Å². The molecule has 8 rings (SSSR count). The van der Waals surface area contributed by atoms with Crippen LogP contribution in [0, 0.1) is 20.8 Å². The highest BCUT2D eigenvalue weighted by atomic mass is 16.5. The second kappa shape index (κ2) is 39.4. The van der Waals surface area contributed by atoms with Crippen LogP contribution in [0.5, 0.6) is 11.5 Å². The Morgan fingerprint density at radius 2 is 0.739 bits per heavy atom. The Morgan fingerprint density at radius 3 is 1.13 bits per heavy atom. The molecule has 0 amide bonds. The van der Waals surface area contributed by atoms with Crippen molar-refractivity contribution in [3.63, 3.8) is 0 Å². The van der Waals surface area contributed by atoms with Gasteiger partial charge in [0.1, 0.15) is 11.5 Å². The first kappa shape index (κ1) is 70.6. The maximum absolute atomic E-state index is 11.4. The third-order valence-corrected chi connectivity index (χ3v) is 16.1. The highest BCUT2D eigenvalue weighted by molar-refractivity contribution is 6.01. The number of nitrogens with one attached hydrogen (secondary N) is 2. The molecule has 12 heteroatoms. The summed E-state index contributed by atoms with van der Waals surface area (Å²) in [5.74, 6) is 1.25. The molecule has 0 aromatic heterocycles. The number of ether oxygens (including phenoxy) is 4. The lowest BCUT2D eigenvalue weighted by Crippen LogP contribution is -2.05. The number of azo groups is 2. The summed E-state index contributed by atoms with van der Waals surface area (Å²) in [7, 11) is 0. The predicted molar refractivity (Wildman–Crippen MR) is 381 cm³/mol. The third-order valence-electron chi connectivity index (χ3n) is 16.1. The van der Waals surface area contributed by atoms with Gasteiger partial charge in [0.2, 0.25) is 0 Å². The molecule has 8 aromatic rings. The molecule has 8 aromatic carbocycles. The maximum atomic E-state index is 11.4. The number of carbonyl (C=O) groups excluding carboxylic acids is 2. The first-order valence-corrected chi connectivity index (χ1v) is 33.5. The van der Waals surface area contributed by atoms with E-state index in [0.29, 0.717) is 37.4 Å². The van der Waals surface area contributed by atoms with Crippen molar-refractivity contribution < 1.29 is 28.5 Å². The van der Waals surface area contributed by atoms with Gasteiger partial charge in [-0.2, -0.15) is 10.2 Å². The van der Waals surface area contributed by atoms with Crippen molar-refractivity contribution in [2.45, 2.75) is 170 Å². The molecular weight excluding hydrogens is 1140 g/mol. The molecule has 12 nitrogen and oxygen atoms in total. The van der Waals surface area contributed by atoms with Gasteiger partial charge in [-0.1, -0.05) is 206 Å². The average Bonchev–Trinajstić information content (AvgIpc) is 0.842. The van der Waals surface area contributed by atoms with Crippen molar-refractivity contribution in [1.82, 2.24) is 0 Å². The summed E-state index contributed by atoms with van der Waals surface area (Å²) in [6, 6.07) is 54.3. The molecule has 0 saturated heterocycles. The van der Waals surface area contributed by atoms with Crippen LogP contribution >= 0.6 is 0 Å². The second-order valence-corrected chi connectivity index (χ2v) is 24.1. The Kier molecular flexibility index (Phi) is 30.2. The Balaban J connectivity index is 0.000000261. The van der Waals surface area contributed by atoms with Crippen molar-refractivity contribution >= 4 is 67.6 Å². The molecule has 0 atom stereocenters. The zero-order valence-electron chi connectivity index (χ0n) is 55.6. The summed E-state index contributed by atoms with van der Waals surface area (Å²) in [4.78, 5) is 22.7. The minimum atomic E-state index is -0.286. The Hall–Kier alpha value is -8.90. The van der Waals surface area contributed by atoms with Crippen LogP contribution in [0.1, 0.15) is 163 Å². The molecule has 0 heterocycles. The maximum Gasteiger partial charge on any atom is 0.333 e. The smallest absolute Gasteiger partial charge is 0.333 e. The number of aryl methyl sites for hydroxylation is 4. The van der Waals surface area contributed by atoms with E-state index in [4.69, 9.17) is 18.9 Å². The van der Waals surface area contributed by atoms with Crippen LogP contribution in [0.25, 0.3) is 21.5 Å². The lowest BCUT2D eigenvalue weighted by molar-refractivity contribution is -0.139. The Labute approximate surface area is 548 Å². The summed E-state index contributed by atoms with van der Waals surface area (Å²) in [6.07, 6.45) is 20.5. The van der Waals surface area contributed by atoms with Crippen molar-refractivity contribution in [3.8, 4) is 11.5 Å². The summed E-state index contributed by atoms with van der Waals surface area (Å²) >= 11 is 0. The van der Waals surface area contributed by atoms with Gasteiger partial charge in [0.05, 0.1) is 49.2 Å². The van der Waals surface area contributed by atoms with E-state index in [0.717, 1.165) is 143 Å². The molecule has 0 spiro atoms. The van der Waals surface area contributed by atoms with E-state index < -0.39 is 0 Å². The number of esters is 2. The normalized spacial score (nSPS) is 11.2. The number of fused-ring (bicyclic) bond motifs is 2. The molecule has 0 unspecified atom stereocenters. The van der Waals surface area contributed by atoms with Gasteiger partial charge in [-0.3, -0.25) is 0 Å². The quantitative estimate of drug-likeness (QED) is 0.0168. The number of anilines is 2. The van der Waals surface area contributed by atoms with Crippen LogP contribution in [0.4, 0.5) is 34.1 Å². The molecule has 0 aliphatic carbocycles. The molecule has 0 aliphatic rings. The molecule has 0 saturated carbocycles. The van der Waals surface area contributed by atoms with Crippen LogP contribution in [0.2, 0.25) is 0 Å². The Morgan fingerprint density at radius 1 is 0.391 bits per heavy atom. The SMILES string of the molecule is C=C(C)C(=O)OCCCCCCCCCCOc1ccc(CNc2ccc(N=Nc3ccc(C)cc3C)c3ccccc23)cc1.C=C(C)C(=O)OCCCCCCCCCCOc1ccc(CNc2ccc(N=Nc3ccc(CCC)cc3C)c3ccccc23)cc1. The topological polar surface area (TPSA) is 145 Å². The van der Waals surface area contributed by atoms with Crippen LogP contribution in [0.15, 0.2) is 202 Å². The zero-order valence-corrected chi connectivity index (χ0v) is 55.6. The first-order chi connectivity index (χ1) is 44.8. The first-order valence-electron chi connectivity index (χ1n) is 33.5. The molecule has 0 bridgehead atoms.